The molecule has 2 amide bonds. The van der Waals surface area contributed by atoms with Crippen molar-refractivity contribution in [3.8, 4) is 0 Å². The van der Waals surface area contributed by atoms with Gasteiger partial charge in [0.1, 0.15) is 18.4 Å². The van der Waals surface area contributed by atoms with Crippen LogP contribution in [0.25, 0.3) is 0 Å². The Bertz CT molecular complexity index is 1360. The fourth-order valence-corrected chi connectivity index (χ4v) is 5.43. The number of benzene rings is 3. The van der Waals surface area contributed by atoms with Gasteiger partial charge in [0.25, 0.3) is 10.0 Å². The van der Waals surface area contributed by atoms with E-state index in [-0.39, 0.29) is 17.0 Å². The van der Waals surface area contributed by atoms with Crippen LogP contribution < -0.4 is 9.62 Å². The molecule has 3 aromatic rings. The molecule has 0 aliphatic rings. The Morgan fingerprint density at radius 3 is 2.27 bits per heavy atom. The Morgan fingerprint density at radius 2 is 1.62 bits per heavy atom. The van der Waals surface area contributed by atoms with Crippen molar-refractivity contribution in [3.63, 3.8) is 0 Å². The lowest BCUT2D eigenvalue weighted by atomic mass is 10.1. The number of nitrogens with one attached hydrogen (secondary N) is 1. The van der Waals surface area contributed by atoms with Gasteiger partial charge >= 0.3 is 0 Å². The molecule has 196 valence electrons. The molecule has 3 rings (SSSR count). The van der Waals surface area contributed by atoms with Crippen LogP contribution in [0.5, 0.6) is 0 Å². The molecule has 0 spiro atoms. The molecule has 0 aliphatic heterocycles. The number of sulfonamides is 1. The lowest BCUT2D eigenvalue weighted by Gasteiger charge is -2.32. The van der Waals surface area contributed by atoms with E-state index in [9.17, 15) is 22.4 Å². The highest BCUT2D eigenvalue weighted by molar-refractivity contribution is 7.92. The van der Waals surface area contributed by atoms with Crippen molar-refractivity contribution < 1.29 is 22.4 Å². The largest absolute Gasteiger partial charge is 0.355 e. The summed E-state index contributed by atoms with van der Waals surface area (Å²) in [5, 5.41) is 2.68. The molecule has 0 saturated carbocycles. The summed E-state index contributed by atoms with van der Waals surface area (Å²) in [6.07, 6.45) is 0. The molecule has 0 aliphatic carbocycles. The maximum atomic E-state index is 14.5. The summed E-state index contributed by atoms with van der Waals surface area (Å²) in [5.74, 6) is -1.58. The molecule has 0 aromatic heterocycles. The number of likely N-dealkylation sites (N-methyl/N-ethyl adjacent to an activating group) is 1. The second kappa shape index (κ2) is 12.0. The summed E-state index contributed by atoms with van der Waals surface area (Å²) in [6, 6.07) is 18.2. The van der Waals surface area contributed by atoms with E-state index in [0.29, 0.717) is 17.8 Å². The lowest BCUT2D eigenvalue weighted by molar-refractivity contribution is -0.139. The normalized spacial score (nSPS) is 12.0. The van der Waals surface area contributed by atoms with E-state index in [2.05, 4.69) is 5.32 Å². The molecule has 1 atom stereocenters. The third-order valence-electron chi connectivity index (χ3n) is 6.06. The van der Waals surface area contributed by atoms with Crippen molar-refractivity contribution in [1.82, 2.24) is 10.2 Å². The molecule has 0 fully saturated rings. The summed E-state index contributed by atoms with van der Waals surface area (Å²) in [4.78, 5) is 27.7. The summed E-state index contributed by atoms with van der Waals surface area (Å²) in [7, 11) is -4.15. The van der Waals surface area contributed by atoms with Crippen LogP contribution >= 0.6 is 0 Å². The van der Waals surface area contributed by atoms with Crippen molar-refractivity contribution in [2.75, 3.05) is 17.4 Å². The average molecular weight is 526 g/mol. The van der Waals surface area contributed by atoms with E-state index < -0.39 is 40.2 Å². The minimum atomic E-state index is -4.15. The van der Waals surface area contributed by atoms with Crippen molar-refractivity contribution in [2.45, 2.75) is 45.2 Å². The van der Waals surface area contributed by atoms with Crippen molar-refractivity contribution >= 4 is 27.5 Å². The summed E-state index contributed by atoms with van der Waals surface area (Å²) >= 11 is 0. The van der Waals surface area contributed by atoms with Crippen LogP contribution in [0.1, 0.15) is 30.5 Å². The van der Waals surface area contributed by atoms with E-state index in [0.717, 1.165) is 9.87 Å². The third-order valence-corrected chi connectivity index (χ3v) is 7.83. The Labute approximate surface area is 218 Å². The smallest absolute Gasteiger partial charge is 0.264 e. The molecule has 1 unspecified atom stereocenters. The minimum absolute atomic E-state index is 0.0288. The number of hydrogen-bond donors (Lipinski definition) is 1. The van der Waals surface area contributed by atoms with E-state index in [4.69, 9.17) is 0 Å². The van der Waals surface area contributed by atoms with E-state index in [1.807, 2.05) is 13.0 Å². The topological polar surface area (TPSA) is 86.8 Å². The zero-order valence-electron chi connectivity index (χ0n) is 21.4. The van der Waals surface area contributed by atoms with Crippen molar-refractivity contribution in [3.05, 3.63) is 95.3 Å². The number of amides is 2. The molecule has 0 heterocycles. The van der Waals surface area contributed by atoms with E-state index >= 15 is 0 Å². The first-order valence-corrected chi connectivity index (χ1v) is 13.5. The lowest BCUT2D eigenvalue weighted by Crippen LogP contribution is -2.51. The standard InChI is InChI=1S/C28H32FN3O4S/c1-5-30-28(34)22(4)31(18-23-11-9-10-14-25(23)29)27(33)19-32(26-17-20(2)15-16-21(26)3)37(35,36)24-12-7-6-8-13-24/h6-17,22H,5,18-19H2,1-4H3,(H,30,34). The molecule has 0 radical (unpaired) electrons. The Balaban J connectivity index is 2.07. The number of carbonyl (C=O) groups is 2. The fraction of sp³-hybridized carbons (Fsp3) is 0.286. The molecule has 37 heavy (non-hydrogen) atoms. The number of carbonyl (C=O) groups excluding carboxylic acids is 2. The summed E-state index contributed by atoms with van der Waals surface area (Å²) in [6.45, 7) is 6.47. The molecule has 7 nitrogen and oxygen atoms in total. The molecular formula is C28H32FN3O4S. The first kappa shape index (κ1) is 27.9. The zero-order valence-corrected chi connectivity index (χ0v) is 22.3. The number of anilines is 1. The first-order chi connectivity index (χ1) is 17.6. The van der Waals surface area contributed by atoms with Gasteiger partial charge in [-0.3, -0.25) is 13.9 Å². The van der Waals surface area contributed by atoms with E-state index in [1.54, 1.807) is 50.2 Å². The predicted molar refractivity (Wildman–Crippen MR) is 142 cm³/mol. The molecule has 9 heteroatoms. The van der Waals surface area contributed by atoms with Crippen molar-refractivity contribution in [1.29, 1.82) is 0 Å². The SMILES string of the molecule is CCNC(=O)C(C)N(Cc1ccccc1F)C(=O)CN(c1cc(C)ccc1C)S(=O)(=O)c1ccccc1. The van der Waals surface area contributed by atoms with Gasteiger partial charge in [0.05, 0.1) is 10.6 Å². The minimum Gasteiger partial charge on any atom is -0.355 e. The summed E-state index contributed by atoms with van der Waals surface area (Å²) in [5.41, 5.74) is 2.06. The van der Waals surface area contributed by atoms with Crippen LogP contribution in [0, 0.1) is 19.7 Å². The molecular weight excluding hydrogens is 493 g/mol. The number of halogens is 1. The number of hydrogen-bond acceptors (Lipinski definition) is 4. The van der Waals surface area contributed by atoms with Gasteiger partial charge in [-0.1, -0.05) is 48.5 Å². The number of aryl methyl sites for hydroxylation is 2. The third kappa shape index (κ3) is 6.54. The highest BCUT2D eigenvalue weighted by atomic mass is 32.2. The quantitative estimate of drug-likeness (QED) is 0.430. The maximum Gasteiger partial charge on any atom is 0.264 e. The van der Waals surface area contributed by atoms with Crippen LogP contribution in [0.3, 0.4) is 0 Å². The molecule has 0 saturated heterocycles. The van der Waals surface area contributed by atoms with Gasteiger partial charge in [0.2, 0.25) is 11.8 Å². The van der Waals surface area contributed by atoms with Crippen LogP contribution in [0.15, 0.2) is 77.7 Å². The molecule has 0 bridgehead atoms. The Hall–Kier alpha value is -3.72. The van der Waals surface area contributed by atoms with Crippen LogP contribution in [0.4, 0.5) is 10.1 Å². The van der Waals surface area contributed by atoms with Crippen LogP contribution in [0.2, 0.25) is 0 Å². The molecule has 1 N–H and O–H groups in total. The number of rotatable bonds is 10. The second-order valence-electron chi connectivity index (χ2n) is 8.80. The Morgan fingerprint density at radius 1 is 0.973 bits per heavy atom. The van der Waals surface area contributed by atoms with Gasteiger partial charge in [0.15, 0.2) is 0 Å². The highest BCUT2D eigenvalue weighted by Gasteiger charge is 2.33. The van der Waals surface area contributed by atoms with E-state index in [1.165, 1.54) is 42.2 Å². The summed E-state index contributed by atoms with van der Waals surface area (Å²) < 4.78 is 43.2. The maximum absolute atomic E-state index is 14.5. The van der Waals surface area contributed by atoms with Crippen LogP contribution in [-0.2, 0) is 26.2 Å². The van der Waals surface area contributed by atoms with Gasteiger partial charge in [0, 0.05) is 18.7 Å². The molecule has 3 aromatic carbocycles. The first-order valence-electron chi connectivity index (χ1n) is 12.0. The fourth-order valence-electron chi connectivity index (χ4n) is 3.94. The van der Waals surface area contributed by atoms with Crippen LogP contribution in [-0.4, -0.2) is 44.3 Å². The van der Waals surface area contributed by atoms with Gasteiger partial charge in [-0.25, -0.2) is 12.8 Å². The predicted octanol–water partition coefficient (Wildman–Crippen LogP) is 4.19. The van der Waals surface area contributed by atoms with Gasteiger partial charge < -0.3 is 10.2 Å². The van der Waals surface area contributed by atoms with Gasteiger partial charge in [-0.2, -0.15) is 0 Å². The second-order valence-corrected chi connectivity index (χ2v) is 10.7. The highest BCUT2D eigenvalue weighted by Crippen LogP contribution is 2.28. The average Bonchev–Trinajstić information content (AvgIpc) is 2.88. The Kier molecular flexibility index (Phi) is 9.04. The number of nitrogens with zero attached hydrogens (tertiary/aromatic N) is 2. The van der Waals surface area contributed by atoms with Crippen molar-refractivity contribution in [2.24, 2.45) is 0 Å². The monoisotopic (exact) mass is 525 g/mol. The van der Waals surface area contributed by atoms with Gasteiger partial charge in [-0.05, 0) is 63.1 Å². The zero-order chi connectivity index (χ0) is 27.2. The van der Waals surface area contributed by atoms with Gasteiger partial charge in [-0.15, -0.1) is 0 Å².